The Morgan fingerprint density at radius 1 is 1.14 bits per heavy atom. The number of carbonyl (C=O) groups is 3. The number of pyridine rings is 1. The number of nitrogens with one attached hydrogen (secondary N) is 1. The van der Waals surface area contributed by atoms with Crippen LogP contribution in [0.4, 0.5) is 5.00 Å². The molecule has 2 aromatic heterocycles. The number of amides is 1. The summed E-state index contributed by atoms with van der Waals surface area (Å²) in [6.07, 6.45) is 1.33. The summed E-state index contributed by atoms with van der Waals surface area (Å²) in [6.45, 7) is 1.96. The topological polar surface area (TPSA) is 106 Å². The number of thiophene rings is 1. The van der Waals surface area contributed by atoms with Crippen LogP contribution in [0.15, 0.2) is 48.0 Å². The van der Waals surface area contributed by atoms with Crippen LogP contribution in [-0.2, 0) is 4.74 Å². The molecule has 0 radical (unpaired) electrons. The maximum absolute atomic E-state index is 12.6. The smallest absolute Gasteiger partial charge is 0.341 e. The molecule has 3 rings (SSSR count). The number of ether oxygens (including phenoxy) is 1. The number of benzene rings is 1. The molecule has 0 saturated carbocycles. The number of aromatic nitrogens is 1. The minimum Gasteiger partial charge on any atom is -0.478 e. The molecule has 3 aromatic rings. The molecule has 0 spiro atoms. The van der Waals surface area contributed by atoms with Gasteiger partial charge >= 0.3 is 11.9 Å². The summed E-state index contributed by atoms with van der Waals surface area (Å²) in [5, 5.41) is 13.8. The molecular weight excluding hydrogens is 380 g/mol. The lowest BCUT2D eigenvalue weighted by atomic mass is 10.0. The van der Waals surface area contributed by atoms with Crippen LogP contribution in [0.1, 0.15) is 36.8 Å². The molecule has 1 aromatic carbocycles. The lowest BCUT2D eigenvalue weighted by Crippen LogP contribution is -2.19. The van der Waals surface area contributed by atoms with Gasteiger partial charge in [0.1, 0.15) is 16.3 Å². The highest BCUT2D eigenvalue weighted by atomic mass is 32.1. The SMILES string of the molecule is COC(=O)c1c(-c2ccc(C)cc2)csc1NC(=O)c1ncccc1C(=O)O. The zero-order chi connectivity index (χ0) is 20.3. The quantitative estimate of drug-likeness (QED) is 0.635. The molecule has 0 aliphatic carbocycles. The first-order chi connectivity index (χ1) is 13.4. The van der Waals surface area contributed by atoms with Crippen LogP contribution in [0, 0.1) is 6.92 Å². The third-order valence-electron chi connectivity index (χ3n) is 4.02. The average molecular weight is 396 g/mol. The first-order valence-corrected chi connectivity index (χ1v) is 9.07. The van der Waals surface area contributed by atoms with Gasteiger partial charge in [-0.15, -0.1) is 11.3 Å². The normalized spacial score (nSPS) is 10.4. The predicted molar refractivity (Wildman–Crippen MR) is 105 cm³/mol. The second-order valence-electron chi connectivity index (χ2n) is 5.87. The van der Waals surface area contributed by atoms with Crippen LogP contribution in [0.2, 0.25) is 0 Å². The largest absolute Gasteiger partial charge is 0.478 e. The van der Waals surface area contributed by atoms with Gasteiger partial charge in [-0.2, -0.15) is 0 Å². The van der Waals surface area contributed by atoms with Gasteiger partial charge in [0.05, 0.1) is 12.7 Å². The summed E-state index contributed by atoms with van der Waals surface area (Å²) in [5.74, 6) is -2.59. The number of nitrogens with zero attached hydrogens (tertiary/aromatic N) is 1. The highest BCUT2D eigenvalue weighted by molar-refractivity contribution is 7.15. The Kier molecular flexibility index (Phi) is 5.51. The molecule has 0 atom stereocenters. The van der Waals surface area contributed by atoms with Crippen molar-refractivity contribution in [3.05, 3.63) is 70.4 Å². The first-order valence-electron chi connectivity index (χ1n) is 8.19. The molecule has 1 amide bonds. The fourth-order valence-electron chi connectivity index (χ4n) is 2.62. The second-order valence-corrected chi connectivity index (χ2v) is 6.75. The fraction of sp³-hybridized carbons (Fsp3) is 0.100. The molecule has 2 heterocycles. The van der Waals surface area contributed by atoms with Crippen LogP contribution in [-0.4, -0.2) is 35.0 Å². The molecule has 0 saturated heterocycles. The zero-order valence-electron chi connectivity index (χ0n) is 15.1. The van der Waals surface area contributed by atoms with Gasteiger partial charge in [0.2, 0.25) is 0 Å². The van der Waals surface area contributed by atoms with Crippen molar-refractivity contribution in [1.29, 1.82) is 0 Å². The number of carbonyl (C=O) groups excluding carboxylic acids is 2. The monoisotopic (exact) mass is 396 g/mol. The zero-order valence-corrected chi connectivity index (χ0v) is 15.9. The molecule has 0 bridgehead atoms. The van der Waals surface area contributed by atoms with E-state index < -0.39 is 17.8 Å². The molecular formula is C20H16N2O5S. The van der Waals surface area contributed by atoms with Crippen molar-refractivity contribution in [1.82, 2.24) is 4.98 Å². The van der Waals surface area contributed by atoms with Crippen molar-refractivity contribution >= 4 is 34.2 Å². The molecule has 28 heavy (non-hydrogen) atoms. The van der Waals surface area contributed by atoms with Crippen molar-refractivity contribution in [3.63, 3.8) is 0 Å². The van der Waals surface area contributed by atoms with Crippen molar-refractivity contribution in [3.8, 4) is 11.1 Å². The molecule has 0 aliphatic heterocycles. The number of hydrogen-bond donors (Lipinski definition) is 2. The summed E-state index contributed by atoms with van der Waals surface area (Å²) in [7, 11) is 1.26. The molecule has 0 fully saturated rings. The lowest BCUT2D eigenvalue weighted by Gasteiger charge is -2.09. The van der Waals surface area contributed by atoms with Gasteiger partial charge < -0.3 is 15.2 Å². The van der Waals surface area contributed by atoms with Crippen molar-refractivity contribution in [2.75, 3.05) is 12.4 Å². The Morgan fingerprint density at radius 2 is 1.86 bits per heavy atom. The minimum atomic E-state index is -1.27. The Bertz CT molecular complexity index is 1060. The summed E-state index contributed by atoms with van der Waals surface area (Å²) in [5.41, 5.74) is 2.23. The number of aromatic carboxylic acids is 1. The van der Waals surface area contributed by atoms with Crippen LogP contribution >= 0.6 is 11.3 Å². The number of anilines is 1. The number of hydrogen-bond acceptors (Lipinski definition) is 6. The van der Waals surface area contributed by atoms with Crippen LogP contribution in [0.3, 0.4) is 0 Å². The maximum Gasteiger partial charge on any atom is 0.341 e. The van der Waals surface area contributed by atoms with E-state index in [1.807, 2.05) is 31.2 Å². The first kappa shape index (κ1) is 19.2. The maximum atomic E-state index is 12.6. The standard InChI is InChI=1S/C20H16N2O5S/c1-11-5-7-12(8-6-11)14-10-28-18(15(14)20(26)27-2)22-17(23)16-13(19(24)25)4-3-9-21-16/h3-10H,1-2H3,(H,22,23)(H,24,25). The van der Waals surface area contributed by atoms with Gasteiger partial charge in [0.15, 0.2) is 0 Å². The number of carboxylic acid groups (broad SMARTS) is 1. The Hall–Kier alpha value is -3.52. The molecule has 8 heteroatoms. The van der Waals surface area contributed by atoms with E-state index in [0.29, 0.717) is 5.56 Å². The second kappa shape index (κ2) is 8.01. The predicted octanol–water partition coefficient (Wildman–Crippen LogP) is 3.86. The van der Waals surface area contributed by atoms with Gasteiger partial charge in [0.25, 0.3) is 5.91 Å². The van der Waals surface area contributed by atoms with Gasteiger partial charge in [-0.3, -0.25) is 9.78 Å². The highest BCUT2D eigenvalue weighted by Gasteiger charge is 2.24. The fourth-order valence-corrected chi connectivity index (χ4v) is 3.57. The van der Waals surface area contributed by atoms with E-state index in [0.717, 1.165) is 22.5 Å². The van der Waals surface area contributed by atoms with Crippen LogP contribution in [0.25, 0.3) is 11.1 Å². The Morgan fingerprint density at radius 3 is 2.50 bits per heavy atom. The summed E-state index contributed by atoms with van der Waals surface area (Å²) < 4.78 is 4.88. The number of rotatable bonds is 5. The van der Waals surface area contributed by atoms with E-state index in [-0.39, 0.29) is 21.8 Å². The van der Waals surface area contributed by atoms with E-state index in [1.54, 1.807) is 5.38 Å². The molecule has 2 N–H and O–H groups in total. The molecule has 142 valence electrons. The number of aryl methyl sites for hydroxylation is 1. The van der Waals surface area contributed by atoms with Gasteiger partial charge in [-0.25, -0.2) is 9.59 Å². The number of esters is 1. The van der Waals surface area contributed by atoms with E-state index in [2.05, 4.69) is 10.3 Å². The van der Waals surface area contributed by atoms with Gasteiger partial charge in [-0.05, 0) is 24.6 Å². The third kappa shape index (κ3) is 3.77. The average Bonchev–Trinajstić information content (AvgIpc) is 3.11. The minimum absolute atomic E-state index is 0.206. The Balaban J connectivity index is 2.01. The van der Waals surface area contributed by atoms with Crippen molar-refractivity contribution in [2.24, 2.45) is 0 Å². The third-order valence-corrected chi connectivity index (χ3v) is 4.92. The lowest BCUT2D eigenvalue weighted by molar-refractivity contribution is 0.0602. The summed E-state index contributed by atoms with van der Waals surface area (Å²) >= 11 is 1.15. The van der Waals surface area contributed by atoms with Crippen molar-refractivity contribution < 1.29 is 24.2 Å². The van der Waals surface area contributed by atoms with Gasteiger partial charge in [0, 0.05) is 17.1 Å². The van der Waals surface area contributed by atoms with Gasteiger partial charge in [-0.1, -0.05) is 29.8 Å². The molecule has 0 unspecified atom stereocenters. The van der Waals surface area contributed by atoms with Crippen LogP contribution < -0.4 is 5.32 Å². The highest BCUT2D eigenvalue weighted by Crippen LogP contribution is 2.36. The van der Waals surface area contributed by atoms with Crippen molar-refractivity contribution in [2.45, 2.75) is 6.92 Å². The van der Waals surface area contributed by atoms with Crippen LogP contribution in [0.5, 0.6) is 0 Å². The Labute approximate surface area is 164 Å². The summed E-state index contributed by atoms with van der Waals surface area (Å²) in [4.78, 5) is 40.2. The molecule has 0 aliphatic rings. The molecule has 7 nitrogen and oxygen atoms in total. The van der Waals surface area contributed by atoms with E-state index in [1.165, 1.54) is 25.4 Å². The van der Waals surface area contributed by atoms with E-state index in [4.69, 9.17) is 4.74 Å². The number of carboxylic acids is 1. The number of methoxy groups -OCH3 is 1. The van der Waals surface area contributed by atoms with E-state index in [9.17, 15) is 19.5 Å². The summed E-state index contributed by atoms with van der Waals surface area (Å²) in [6, 6.07) is 10.3. The van der Waals surface area contributed by atoms with E-state index >= 15 is 0 Å².